The first-order chi connectivity index (χ1) is 8.88. The Kier molecular flexibility index (Phi) is 5.85. The van der Waals surface area contributed by atoms with Crippen LogP contribution in [0.2, 0.25) is 0 Å². The smallest absolute Gasteiger partial charge is 0.310 e. The molecule has 1 nitrogen and oxygen atoms in total. The predicted molar refractivity (Wildman–Crippen MR) is 71.9 cm³/mol. The topological polar surface area (TPSA) is 12.0 Å². The minimum atomic E-state index is -4.26. The fraction of sp³-hybridized carbons (Fsp3) is 0.600. The van der Waals surface area contributed by atoms with Crippen molar-refractivity contribution in [2.45, 2.75) is 45.8 Å². The van der Waals surface area contributed by atoms with Crippen molar-refractivity contribution in [3.8, 4) is 0 Å². The van der Waals surface area contributed by atoms with Crippen molar-refractivity contribution in [2.75, 3.05) is 6.54 Å². The Morgan fingerprint density at radius 1 is 1.05 bits per heavy atom. The second-order valence-corrected chi connectivity index (χ2v) is 4.93. The number of halogens is 3. The summed E-state index contributed by atoms with van der Waals surface area (Å²) >= 11 is 0. The molecule has 1 atom stereocenters. The van der Waals surface area contributed by atoms with Crippen molar-refractivity contribution in [2.24, 2.45) is 5.92 Å². The highest BCUT2D eigenvalue weighted by Crippen LogP contribution is 2.29. The Bertz CT molecular complexity index is 366. The molecule has 0 heterocycles. The highest BCUT2D eigenvalue weighted by Gasteiger charge is 2.30. The molecule has 0 fully saturated rings. The molecule has 0 amide bonds. The van der Waals surface area contributed by atoms with Gasteiger partial charge in [-0.25, -0.2) is 0 Å². The number of hydrogen-bond donors (Lipinski definition) is 1. The van der Waals surface area contributed by atoms with Crippen molar-refractivity contribution < 1.29 is 13.2 Å². The van der Waals surface area contributed by atoms with Gasteiger partial charge in [0.25, 0.3) is 0 Å². The van der Waals surface area contributed by atoms with Crippen molar-refractivity contribution in [3.63, 3.8) is 0 Å². The van der Waals surface area contributed by atoms with E-state index in [1.54, 1.807) is 12.1 Å². The standard InChI is InChI=1S/C15H22F3N/c1-4-12(5-2)10-19-11(3)13-6-8-14(9-7-13)15(16,17)18/h6-9,11-12,19H,4-5,10H2,1-3H3. The predicted octanol–water partition coefficient (Wildman–Crippen LogP) is 4.79. The van der Waals surface area contributed by atoms with Crippen LogP contribution in [0.25, 0.3) is 0 Å². The van der Waals surface area contributed by atoms with E-state index >= 15 is 0 Å². The minimum Gasteiger partial charge on any atom is -0.310 e. The van der Waals surface area contributed by atoms with Gasteiger partial charge in [-0.15, -0.1) is 0 Å². The van der Waals surface area contributed by atoms with Crippen molar-refractivity contribution in [1.82, 2.24) is 5.32 Å². The molecule has 0 aromatic heterocycles. The molecule has 0 aliphatic carbocycles. The second-order valence-electron chi connectivity index (χ2n) is 4.93. The Labute approximate surface area is 113 Å². The summed E-state index contributed by atoms with van der Waals surface area (Å²) in [6, 6.07) is 5.46. The third kappa shape index (κ3) is 4.86. The van der Waals surface area contributed by atoms with Crippen molar-refractivity contribution in [3.05, 3.63) is 35.4 Å². The molecule has 0 radical (unpaired) electrons. The normalized spacial score (nSPS) is 13.8. The molecule has 0 aliphatic heterocycles. The van der Waals surface area contributed by atoms with Crippen molar-refractivity contribution >= 4 is 0 Å². The molecule has 0 saturated carbocycles. The molecular weight excluding hydrogens is 251 g/mol. The molecule has 4 heteroatoms. The van der Waals surface area contributed by atoms with Crippen LogP contribution in [0.1, 0.15) is 50.8 Å². The van der Waals surface area contributed by atoms with Gasteiger partial charge in [-0.1, -0.05) is 38.8 Å². The van der Waals surface area contributed by atoms with Gasteiger partial charge in [0.2, 0.25) is 0 Å². The fourth-order valence-electron chi connectivity index (χ4n) is 2.00. The SMILES string of the molecule is CCC(CC)CNC(C)c1ccc(C(F)(F)F)cc1. The maximum Gasteiger partial charge on any atom is 0.416 e. The molecule has 1 aromatic rings. The third-order valence-electron chi connectivity index (χ3n) is 3.61. The number of benzene rings is 1. The summed E-state index contributed by atoms with van der Waals surface area (Å²) in [5.74, 6) is 0.622. The van der Waals surface area contributed by atoms with Gasteiger partial charge >= 0.3 is 6.18 Å². The van der Waals surface area contributed by atoms with Crippen LogP contribution >= 0.6 is 0 Å². The molecule has 108 valence electrons. The molecule has 0 saturated heterocycles. The molecule has 1 N–H and O–H groups in total. The first-order valence-electron chi connectivity index (χ1n) is 6.79. The zero-order chi connectivity index (χ0) is 14.5. The summed E-state index contributed by atoms with van der Waals surface area (Å²) in [5.41, 5.74) is 0.294. The van der Waals surface area contributed by atoms with Gasteiger partial charge in [-0.2, -0.15) is 13.2 Å². The summed E-state index contributed by atoms with van der Waals surface area (Å²) in [7, 11) is 0. The van der Waals surface area contributed by atoms with Gasteiger partial charge in [0, 0.05) is 6.04 Å². The molecule has 0 aliphatic rings. The Morgan fingerprint density at radius 2 is 1.58 bits per heavy atom. The zero-order valence-corrected chi connectivity index (χ0v) is 11.7. The highest BCUT2D eigenvalue weighted by atomic mass is 19.4. The Balaban J connectivity index is 2.60. The zero-order valence-electron chi connectivity index (χ0n) is 11.7. The van der Waals surface area contributed by atoms with E-state index in [1.807, 2.05) is 6.92 Å². The first-order valence-corrected chi connectivity index (χ1v) is 6.79. The van der Waals surface area contributed by atoms with Crippen LogP contribution in [0.3, 0.4) is 0 Å². The summed E-state index contributed by atoms with van der Waals surface area (Å²) in [4.78, 5) is 0. The van der Waals surface area contributed by atoms with Crippen molar-refractivity contribution in [1.29, 1.82) is 0 Å². The number of hydrogen-bond acceptors (Lipinski definition) is 1. The van der Waals surface area contributed by atoms with E-state index < -0.39 is 11.7 Å². The lowest BCUT2D eigenvalue weighted by Crippen LogP contribution is -2.25. The van der Waals surface area contributed by atoms with E-state index in [-0.39, 0.29) is 6.04 Å². The Morgan fingerprint density at radius 3 is 2.00 bits per heavy atom. The summed E-state index contributed by atoms with van der Waals surface area (Å²) < 4.78 is 37.4. The first kappa shape index (κ1) is 16.0. The lowest BCUT2D eigenvalue weighted by Gasteiger charge is -2.19. The maximum atomic E-state index is 12.5. The molecule has 1 rings (SSSR count). The lowest BCUT2D eigenvalue weighted by molar-refractivity contribution is -0.137. The molecule has 19 heavy (non-hydrogen) atoms. The number of alkyl halides is 3. The molecule has 1 unspecified atom stereocenters. The highest BCUT2D eigenvalue weighted by molar-refractivity contribution is 5.26. The van der Waals surface area contributed by atoms with E-state index in [0.29, 0.717) is 5.92 Å². The van der Waals surface area contributed by atoms with E-state index in [1.165, 1.54) is 0 Å². The van der Waals surface area contributed by atoms with E-state index in [9.17, 15) is 13.2 Å². The lowest BCUT2D eigenvalue weighted by atomic mass is 10.0. The van der Waals surface area contributed by atoms with E-state index in [4.69, 9.17) is 0 Å². The Hall–Kier alpha value is -1.03. The van der Waals surface area contributed by atoms with E-state index in [2.05, 4.69) is 19.2 Å². The van der Waals surface area contributed by atoms with Gasteiger partial charge in [0.1, 0.15) is 0 Å². The van der Waals surface area contributed by atoms with Gasteiger partial charge < -0.3 is 5.32 Å². The van der Waals surface area contributed by atoms with Crippen LogP contribution in [0.4, 0.5) is 13.2 Å². The van der Waals surface area contributed by atoms with Crippen LogP contribution < -0.4 is 5.32 Å². The largest absolute Gasteiger partial charge is 0.416 e. The van der Waals surface area contributed by atoms with Crippen LogP contribution in [-0.2, 0) is 6.18 Å². The summed E-state index contributed by atoms with van der Waals surface area (Å²) in [6.45, 7) is 7.18. The van der Waals surface area contributed by atoms with Gasteiger partial charge in [0.15, 0.2) is 0 Å². The molecule has 0 spiro atoms. The van der Waals surface area contributed by atoms with Gasteiger partial charge in [-0.05, 0) is 37.1 Å². The average Bonchev–Trinajstić information content (AvgIpc) is 2.39. The monoisotopic (exact) mass is 273 g/mol. The van der Waals surface area contributed by atoms with Crippen LogP contribution in [0.15, 0.2) is 24.3 Å². The average molecular weight is 273 g/mol. The third-order valence-corrected chi connectivity index (χ3v) is 3.61. The quantitative estimate of drug-likeness (QED) is 0.785. The molecular formula is C15H22F3N. The maximum absolute atomic E-state index is 12.5. The van der Waals surface area contributed by atoms with Crippen LogP contribution in [0, 0.1) is 5.92 Å². The number of nitrogens with one attached hydrogen (secondary N) is 1. The molecule has 0 bridgehead atoms. The fourth-order valence-corrected chi connectivity index (χ4v) is 2.00. The van der Waals surface area contributed by atoms with Crippen LogP contribution in [0.5, 0.6) is 0 Å². The van der Waals surface area contributed by atoms with Crippen LogP contribution in [-0.4, -0.2) is 6.54 Å². The van der Waals surface area contributed by atoms with Gasteiger partial charge in [-0.3, -0.25) is 0 Å². The van der Waals surface area contributed by atoms with E-state index in [0.717, 1.165) is 37.1 Å². The van der Waals surface area contributed by atoms with Gasteiger partial charge in [0.05, 0.1) is 5.56 Å². The number of rotatable bonds is 6. The summed E-state index contributed by atoms with van der Waals surface area (Å²) in [6.07, 6.45) is -2.03. The minimum absolute atomic E-state index is 0.0721. The summed E-state index contributed by atoms with van der Waals surface area (Å²) in [5, 5.41) is 3.38. The molecule has 1 aromatic carbocycles. The second kappa shape index (κ2) is 6.94.